The van der Waals surface area contributed by atoms with Crippen molar-refractivity contribution in [1.82, 2.24) is 10.4 Å². The molecule has 7 heteroatoms. The van der Waals surface area contributed by atoms with E-state index >= 15 is 0 Å². The molecular formula is C31H22BrN3O3. The molecule has 0 atom stereocenters. The number of carbonyl (C=O) groups excluding carboxylic acids is 2. The summed E-state index contributed by atoms with van der Waals surface area (Å²) in [6.07, 6.45) is 1.53. The largest absolute Gasteiger partial charge is 0.423 e. The third kappa shape index (κ3) is 5.68. The van der Waals surface area contributed by atoms with E-state index in [4.69, 9.17) is 9.72 Å². The van der Waals surface area contributed by atoms with E-state index in [-0.39, 0.29) is 5.91 Å². The number of ether oxygens (including phenoxy) is 1. The SMILES string of the molecule is Cc1ccc2nc(-c3ccccc3)cc(C(=O)NN=Cc3ccc(OC(=O)c4ccccc4Br)cc3)c2c1. The first-order valence-electron chi connectivity index (χ1n) is 11.8. The molecule has 5 aromatic rings. The Balaban J connectivity index is 1.31. The maximum Gasteiger partial charge on any atom is 0.344 e. The zero-order valence-corrected chi connectivity index (χ0v) is 22.0. The maximum atomic E-state index is 13.2. The number of hydrogen-bond donors (Lipinski definition) is 1. The Morgan fingerprint density at radius 2 is 1.61 bits per heavy atom. The zero-order chi connectivity index (χ0) is 26.5. The molecule has 0 bridgehead atoms. The number of nitrogens with zero attached hydrogens (tertiary/aromatic N) is 2. The fourth-order valence-electron chi connectivity index (χ4n) is 3.92. The lowest BCUT2D eigenvalue weighted by atomic mass is 10.0. The molecule has 0 aliphatic rings. The van der Waals surface area contributed by atoms with Gasteiger partial charge in [-0.15, -0.1) is 0 Å². The minimum atomic E-state index is -0.458. The van der Waals surface area contributed by atoms with Crippen LogP contribution in [-0.2, 0) is 0 Å². The number of rotatable bonds is 6. The molecule has 4 aromatic carbocycles. The summed E-state index contributed by atoms with van der Waals surface area (Å²) in [5.41, 5.74) is 7.69. The van der Waals surface area contributed by atoms with E-state index in [0.29, 0.717) is 27.0 Å². The van der Waals surface area contributed by atoms with Crippen LogP contribution >= 0.6 is 15.9 Å². The number of hydrogen-bond acceptors (Lipinski definition) is 5. The third-order valence-corrected chi connectivity index (χ3v) is 6.53. The monoisotopic (exact) mass is 563 g/mol. The summed E-state index contributed by atoms with van der Waals surface area (Å²) in [6.45, 7) is 1.98. The van der Waals surface area contributed by atoms with Crippen LogP contribution in [-0.4, -0.2) is 23.1 Å². The highest BCUT2D eigenvalue weighted by atomic mass is 79.9. The molecule has 0 saturated carbocycles. The van der Waals surface area contributed by atoms with Gasteiger partial charge in [-0.25, -0.2) is 15.2 Å². The number of amides is 1. The van der Waals surface area contributed by atoms with E-state index in [2.05, 4.69) is 26.5 Å². The van der Waals surface area contributed by atoms with Gasteiger partial charge in [0.2, 0.25) is 0 Å². The number of nitrogens with one attached hydrogen (secondary N) is 1. The second-order valence-electron chi connectivity index (χ2n) is 8.58. The fourth-order valence-corrected chi connectivity index (χ4v) is 4.37. The van der Waals surface area contributed by atoms with Crippen LogP contribution in [0.1, 0.15) is 31.8 Å². The summed E-state index contributed by atoms with van der Waals surface area (Å²) in [5, 5.41) is 4.90. The predicted octanol–water partition coefficient (Wildman–Crippen LogP) is 6.96. The summed E-state index contributed by atoms with van der Waals surface area (Å²) in [6, 6.07) is 31.3. The molecule has 0 fully saturated rings. The van der Waals surface area contributed by atoms with Gasteiger partial charge in [-0.3, -0.25) is 4.79 Å². The van der Waals surface area contributed by atoms with Crippen LogP contribution in [0.2, 0.25) is 0 Å². The summed E-state index contributed by atoms with van der Waals surface area (Å²) in [5.74, 6) is -0.393. The van der Waals surface area contributed by atoms with Crippen LogP contribution in [0.4, 0.5) is 0 Å². The molecule has 0 aliphatic heterocycles. The maximum absolute atomic E-state index is 13.2. The number of halogens is 1. The predicted molar refractivity (Wildman–Crippen MR) is 153 cm³/mol. The van der Waals surface area contributed by atoms with Crippen molar-refractivity contribution in [3.05, 3.63) is 130 Å². The second kappa shape index (κ2) is 11.2. The minimum absolute atomic E-state index is 0.338. The van der Waals surface area contributed by atoms with Crippen LogP contribution in [0.25, 0.3) is 22.2 Å². The van der Waals surface area contributed by atoms with Gasteiger partial charge in [-0.1, -0.05) is 54.1 Å². The van der Waals surface area contributed by atoms with Crippen molar-refractivity contribution in [2.75, 3.05) is 0 Å². The Hall–Kier alpha value is -4.62. The number of fused-ring (bicyclic) bond motifs is 1. The van der Waals surface area contributed by atoms with E-state index in [0.717, 1.165) is 27.6 Å². The van der Waals surface area contributed by atoms with Crippen molar-refractivity contribution in [3.63, 3.8) is 0 Å². The van der Waals surface area contributed by atoms with Gasteiger partial charge in [0, 0.05) is 15.4 Å². The van der Waals surface area contributed by atoms with Crippen molar-refractivity contribution < 1.29 is 14.3 Å². The lowest BCUT2D eigenvalue weighted by Gasteiger charge is -2.10. The number of carbonyl (C=O) groups is 2. The second-order valence-corrected chi connectivity index (χ2v) is 9.43. The van der Waals surface area contributed by atoms with Crippen molar-refractivity contribution in [2.24, 2.45) is 5.10 Å². The van der Waals surface area contributed by atoms with Gasteiger partial charge in [0.15, 0.2) is 0 Å². The Morgan fingerprint density at radius 1 is 0.868 bits per heavy atom. The van der Waals surface area contributed by atoms with Gasteiger partial charge >= 0.3 is 5.97 Å². The molecule has 1 aromatic heterocycles. The summed E-state index contributed by atoms with van der Waals surface area (Å²) in [7, 11) is 0. The smallest absolute Gasteiger partial charge is 0.344 e. The van der Waals surface area contributed by atoms with Gasteiger partial charge in [0.25, 0.3) is 5.91 Å². The van der Waals surface area contributed by atoms with E-state index in [1.807, 2.05) is 61.5 Å². The van der Waals surface area contributed by atoms with Crippen molar-refractivity contribution in [3.8, 4) is 17.0 Å². The summed E-state index contributed by atoms with van der Waals surface area (Å²) in [4.78, 5) is 30.3. The Labute approximate surface area is 228 Å². The number of pyridine rings is 1. The first-order valence-corrected chi connectivity index (χ1v) is 12.6. The summed E-state index contributed by atoms with van der Waals surface area (Å²) < 4.78 is 6.11. The topological polar surface area (TPSA) is 80.7 Å². The highest BCUT2D eigenvalue weighted by Crippen LogP contribution is 2.26. The average molecular weight is 564 g/mol. The molecule has 186 valence electrons. The molecule has 0 saturated heterocycles. The molecular weight excluding hydrogens is 542 g/mol. The lowest BCUT2D eigenvalue weighted by Crippen LogP contribution is -2.18. The van der Waals surface area contributed by atoms with Crippen LogP contribution in [0.15, 0.2) is 113 Å². The average Bonchev–Trinajstić information content (AvgIpc) is 2.94. The molecule has 1 amide bonds. The Kier molecular flexibility index (Phi) is 7.38. The fraction of sp³-hybridized carbons (Fsp3) is 0.0323. The number of hydrazone groups is 1. The van der Waals surface area contributed by atoms with Crippen LogP contribution in [0.5, 0.6) is 5.75 Å². The molecule has 0 radical (unpaired) electrons. The third-order valence-electron chi connectivity index (χ3n) is 5.84. The lowest BCUT2D eigenvalue weighted by molar-refractivity contribution is 0.0733. The summed E-state index contributed by atoms with van der Waals surface area (Å²) >= 11 is 3.35. The van der Waals surface area contributed by atoms with Crippen molar-refractivity contribution in [2.45, 2.75) is 6.92 Å². The number of aryl methyl sites for hydroxylation is 1. The normalized spacial score (nSPS) is 11.0. The van der Waals surface area contributed by atoms with Gasteiger partial charge < -0.3 is 4.74 Å². The minimum Gasteiger partial charge on any atom is -0.423 e. The number of aromatic nitrogens is 1. The van der Waals surface area contributed by atoms with Gasteiger partial charge in [0.1, 0.15) is 5.75 Å². The van der Waals surface area contributed by atoms with Crippen LogP contribution in [0, 0.1) is 6.92 Å². The van der Waals surface area contributed by atoms with Gasteiger partial charge in [-0.05, 0) is 83.0 Å². The Bertz CT molecular complexity index is 1670. The number of benzene rings is 4. The van der Waals surface area contributed by atoms with Crippen molar-refractivity contribution >= 4 is 44.9 Å². The molecule has 5 rings (SSSR count). The molecule has 0 unspecified atom stereocenters. The molecule has 1 N–H and O–H groups in total. The Morgan fingerprint density at radius 3 is 2.37 bits per heavy atom. The first-order chi connectivity index (χ1) is 18.5. The van der Waals surface area contributed by atoms with E-state index in [1.54, 1.807) is 48.5 Å². The standard InChI is InChI=1S/C31H22BrN3O3/c1-20-11-16-28-25(17-20)26(18-29(34-28)22-7-3-2-4-8-22)30(36)35-33-19-21-12-14-23(15-13-21)38-31(37)24-9-5-6-10-27(24)32/h2-19H,1H3,(H,35,36). The van der Waals surface area contributed by atoms with Crippen LogP contribution < -0.4 is 10.2 Å². The zero-order valence-electron chi connectivity index (χ0n) is 20.4. The number of esters is 1. The molecule has 0 aliphatic carbocycles. The first kappa shape index (κ1) is 25.0. The highest BCUT2D eigenvalue weighted by Gasteiger charge is 2.14. The van der Waals surface area contributed by atoms with Gasteiger partial charge in [0.05, 0.1) is 28.6 Å². The van der Waals surface area contributed by atoms with E-state index in [1.165, 1.54) is 6.21 Å². The van der Waals surface area contributed by atoms with E-state index < -0.39 is 5.97 Å². The quantitative estimate of drug-likeness (QED) is 0.105. The molecule has 6 nitrogen and oxygen atoms in total. The van der Waals surface area contributed by atoms with Crippen molar-refractivity contribution in [1.29, 1.82) is 0 Å². The molecule has 38 heavy (non-hydrogen) atoms. The van der Waals surface area contributed by atoms with Gasteiger partial charge in [-0.2, -0.15) is 5.10 Å². The highest BCUT2D eigenvalue weighted by molar-refractivity contribution is 9.10. The van der Waals surface area contributed by atoms with E-state index in [9.17, 15) is 9.59 Å². The molecule has 0 spiro atoms. The van der Waals surface area contributed by atoms with Crippen LogP contribution in [0.3, 0.4) is 0 Å². The molecule has 1 heterocycles.